The maximum atomic E-state index is 5.06. The predicted octanol–water partition coefficient (Wildman–Crippen LogP) is 1.88. The third kappa shape index (κ3) is 1.87. The van der Waals surface area contributed by atoms with Gasteiger partial charge >= 0.3 is 0 Å². The molecule has 14 heavy (non-hydrogen) atoms. The van der Waals surface area contributed by atoms with Gasteiger partial charge in [0.1, 0.15) is 9.45 Å². The molecule has 0 atom stereocenters. The Morgan fingerprint density at radius 1 is 1.29 bits per heavy atom. The van der Waals surface area contributed by atoms with Gasteiger partial charge in [0, 0.05) is 0 Å². The lowest BCUT2D eigenvalue weighted by Gasteiger charge is -2.01. The Balaban J connectivity index is 2.33. The van der Waals surface area contributed by atoms with Gasteiger partial charge in [-0.1, -0.05) is 5.21 Å². The molecule has 0 aliphatic heterocycles. The van der Waals surface area contributed by atoms with E-state index in [-0.39, 0.29) is 0 Å². The van der Waals surface area contributed by atoms with Crippen LogP contribution < -0.4 is 4.74 Å². The monoisotopic (exact) mass is 301 g/mol. The second-order valence-electron chi connectivity index (χ2n) is 2.68. The molecule has 0 N–H and O–H groups in total. The molecule has 0 saturated carbocycles. The molecule has 0 saturated heterocycles. The summed E-state index contributed by atoms with van der Waals surface area (Å²) >= 11 is 2.12. The second-order valence-corrected chi connectivity index (χ2v) is 3.79. The van der Waals surface area contributed by atoms with Crippen LogP contribution in [-0.4, -0.2) is 22.1 Å². The highest BCUT2D eigenvalue weighted by Crippen LogP contribution is 2.14. The number of methoxy groups -OCH3 is 1. The van der Waals surface area contributed by atoms with E-state index in [4.69, 9.17) is 4.74 Å². The van der Waals surface area contributed by atoms with Crippen molar-refractivity contribution < 1.29 is 4.74 Å². The van der Waals surface area contributed by atoms with Crippen LogP contribution in [0.4, 0.5) is 0 Å². The molecule has 1 aromatic carbocycles. The number of aromatic nitrogens is 3. The minimum atomic E-state index is 0.837. The summed E-state index contributed by atoms with van der Waals surface area (Å²) < 4.78 is 7.66. The molecule has 0 aliphatic rings. The molecule has 0 fully saturated rings. The Morgan fingerprint density at radius 2 is 2.00 bits per heavy atom. The Labute approximate surface area is 95.0 Å². The van der Waals surface area contributed by atoms with Gasteiger partial charge in [0.15, 0.2) is 0 Å². The van der Waals surface area contributed by atoms with E-state index in [2.05, 4.69) is 32.9 Å². The standard InChI is InChI=1S/C9H8IN3O/c1-14-8-4-2-7(3-5-8)13-6-9(10)11-12-13/h2-6H,1H3. The topological polar surface area (TPSA) is 39.9 Å². The first-order valence-corrected chi connectivity index (χ1v) is 5.10. The van der Waals surface area contributed by atoms with Crippen LogP contribution in [-0.2, 0) is 0 Å². The van der Waals surface area contributed by atoms with Gasteiger partial charge in [-0.3, -0.25) is 0 Å². The van der Waals surface area contributed by atoms with Gasteiger partial charge in [-0.05, 0) is 46.9 Å². The Morgan fingerprint density at radius 3 is 2.50 bits per heavy atom. The maximum Gasteiger partial charge on any atom is 0.143 e. The lowest BCUT2D eigenvalue weighted by Crippen LogP contribution is -1.94. The van der Waals surface area contributed by atoms with E-state index in [0.717, 1.165) is 15.1 Å². The van der Waals surface area contributed by atoms with Crippen LogP contribution in [0.3, 0.4) is 0 Å². The lowest BCUT2D eigenvalue weighted by atomic mass is 10.3. The average molecular weight is 301 g/mol. The first-order valence-electron chi connectivity index (χ1n) is 4.02. The zero-order valence-electron chi connectivity index (χ0n) is 7.51. The van der Waals surface area contributed by atoms with E-state index in [9.17, 15) is 0 Å². The van der Waals surface area contributed by atoms with Crippen LogP contribution >= 0.6 is 22.6 Å². The molecule has 72 valence electrons. The van der Waals surface area contributed by atoms with Gasteiger partial charge in [0.25, 0.3) is 0 Å². The van der Waals surface area contributed by atoms with E-state index in [1.54, 1.807) is 11.8 Å². The average Bonchev–Trinajstić information content (AvgIpc) is 2.65. The molecule has 2 aromatic rings. The second kappa shape index (κ2) is 3.95. The smallest absolute Gasteiger partial charge is 0.143 e. The van der Waals surface area contributed by atoms with Crippen LogP contribution in [0.2, 0.25) is 0 Å². The van der Waals surface area contributed by atoms with Crippen LogP contribution in [0.5, 0.6) is 5.75 Å². The van der Waals surface area contributed by atoms with Crippen molar-refractivity contribution in [3.8, 4) is 11.4 Å². The van der Waals surface area contributed by atoms with Gasteiger partial charge in [-0.15, -0.1) is 5.10 Å². The quantitative estimate of drug-likeness (QED) is 0.795. The molecule has 4 nitrogen and oxygen atoms in total. The molecular weight excluding hydrogens is 293 g/mol. The number of hydrogen-bond acceptors (Lipinski definition) is 3. The van der Waals surface area contributed by atoms with Crippen molar-refractivity contribution in [3.63, 3.8) is 0 Å². The first-order chi connectivity index (χ1) is 6.79. The van der Waals surface area contributed by atoms with Crippen molar-refractivity contribution in [1.29, 1.82) is 0 Å². The van der Waals surface area contributed by atoms with Crippen LogP contribution in [0.15, 0.2) is 30.5 Å². The summed E-state index contributed by atoms with van der Waals surface area (Å²) in [6.45, 7) is 0. The molecule has 0 spiro atoms. The molecule has 0 aliphatic carbocycles. The molecular formula is C9H8IN3O. The molecule has 1 heterocycles. The summed E-state index contributed by atoms with van der Waals surface area (Å²) in [6, 6.07) is 7.65. The van der Waals surface area contributed by atoms with Gasteiger partial charge in [0.2, 0.25) is 0 Å². The number of benzene rings is 1. The van der Waals surface area contributed by atoms with E-state index in [1.165, 1.54) is 0 Å². The molecule has 1 aromatic heterocycles. The van der Waals surface area contributed by atoms with Gasteiger partial charge in [-0.25, -0.2) is 4.68 Å². The molecule has 0 radical (unpaired) electrons. The lowest BCUT2D eigenvalue weighted by molar-refractivity contribution is 0.414. The van der Waals surface area contributed by atoms with Crippen molar-refractivity contribution in [3.05, 3.63) is 34.2 Å². The Kier molecular flexibility index (Phi) is 2.67. The third-order valence-electron chi connectivity index (χ3n) is 1.80. The number of hydrogen-bond donors (Lipinski definition) is 0. The highest BCUT2D eigenvalue weighted by atomic mass is 127. The number of ether oxygens (including phenoxy) is 1. The SMILES string of the molecule is COc1ccc(-n2cc(I)nn2)cc1. The fourth-order valence-corrected chi connectivity index (χ4v) is 1.46. The molecule has 0 amide bonds. The fraction of sp³-hybridized carbons (Fsp3) is 0.111. The minimum absolute atomic E-state index is 0.837. The Bertz CT molecular complexity index is 424. The summed E-state index contributed by atoms with van der Waals surface area (Å²) in [5, 5.41) is 7.86. The molecule has 0 bridgehead atoms. The van der Waals surface area contributed by atoms with Gasteiger partial charge < -0.3 is 4.74 Å². The maximum absolute atomic E-state index is 5.06. The summed E-state index contributed by atoms with van der Waals surface area (Å²) in [6.07, 6.45) is 1.86. The highest BCUT2D eigenvalue weighted by Gasteiger charge is 1.99. The third-order valence-corrected chi connectivity index (χ3v) is 2.30. The molecule has 5 heteroatoms. The summed E-state index contributed by atoms with van der Waals surface area (Å²) in [7, 11) is 1.65. The van der Waals surface area contributed by atoms with Crippen molar-refractivity contribution in [2.24, 2.45) is 0 Å². The predicted molar refractivity (Wildman–Crippen MR) is 60.6 cm³/mol. The van der Waals surface area contributed by atoms with E-state index in [0.29, 0.717) is 0 Å². The van der Waals surface area contributed by atoms with Crippen LogP contribution in [0, 0.1) is 3.70 Å². The van der Waals surface area contributed by atoms with Crippen molar-refractivity contribution in [2.45, 2.75) is 0 Å². The van der Waals surface area contributed by atoms with Gasteiger partial charge in [-0.2, -0.15) is 0 Å². The van der Waals surface area contributed by atoms with Crippen molar-refractivity contribution in [1.82, 2.24) is 15.0 Å². The van der Waals surface area contributed by atoms with Crippen molar-refractivity contribution >= 4 is 22.6 Å². The zero-order valence-corrected chi connectivity index (χ0v) is 9.67. The van der Waals surface area contributed by atoms with Gasteiger partial charge in [0.05, 0.1) is 19.0 Å². The summed E-state index contributed by atoms with van der Waals surface area (Å²) in [5.74, 6) is 0.837. The van der Waals surface area contributed by atoms with Crippen LogP contribution in [0.1, 0.15) is 0 Å². The molecule has 2 rings (SSSR count). The summed E-state index contributed by atoms with van der Waals surface area (Å²) in [4.78, 5) is 0. The highest BCUT2D eigenvalue weighted by molar-refractivity contribution is 14.1. The van der Waals surface area contributed by atoms with Crippen LogP contribution in [0.25, 0.3) is 5.69 Å². The van der Waals surface area contributed by atoms with E-state index in [1.807, 2.05) is 30.5 Å². The number of rotatable bonds is 2. The normalized spacial score (nSPS) is 10.1. The minimum Gasteiger partial charge on any atom is -0.497 e. The largest absolute Gasteiger partial charge is 0.497 e. The fourth-order valence-electron chi connectivity index (χ4n) is 1.10. The summed E-state index contributed by atoms with van der Waals surface area (Å²) in [5.41, 5.74) is 0.973. The van der Waals surface area contributed by atoms with E-state index < -0.39 is 0 Å². The first kappa shape index (κ1) is 9.45. The van der Waals surface area contributed by atoms with Crippen molar-refractivity contribution in [2.75, 3.05) is 7.11 Å². The molecule has 0 unspecified atom stereocenters. The Hall–Kier alpha value is -1.11. The zero-order chi connectivity index (χ0) is 9.97. The number of nitrogens with zero attached hydrogens (tertiary/aromatic N) is 3. The van der Waals surface area contributed by atoms with E-state index >= 15 is 0 Å². The number of halogens is 1.